The van der Waals surface area contributed by atoms with Crippen molar-refractivity contribution in [3.05, 3.63) is 57.4 Å². The second kappa shape index (κ2) is 10.9. The Kier molecular flexibility index (Phi) is 8.58. The fourth-order valence-electron chi connectivity index (χ4n) is 3.98. The number of hydrogen-bond acceptors (Lipinski definition) is 3. The highest BCUT2D eigenvalue weighted by atomic mass is 16.4. The van der Waals surface area contributed by atoms with Crippen LogP contribution in [-0.4, -0.2) is 22.0 Å². The first-order valence-corrected chi connectivity index (χ1v) is 11.1. The number of carboxylic acids is 1. The summed E-state index contributed by atoms with van der Waals surface area (Å²) in [7, 11) is 0. The van der Waals surface area contributed by atoms with E-state index in [1.54, 1.807) is 6.92 Å². The van der Waals surface area contributed by atoms with Crippen molar-refractivity contribution in [2.75, 3.05) is 5.32 Å². The third-order valence-electron chi connectivity index (χ3n) is 5.50. The van der Waals surface area contributed by atoms with Crippen molar-refractivity contribution in [1.82, 2.24) is 4.98 Å². The van der Waals surface area contributed by atoms with E-state index < -0.39 is 5.97 Å². The smallest absolute Gasteiger partial charge is 0.337 e. The van der Waals surface area contributed by atoms with Gasteiger partial charge in [0.25, 0.3) is 5.91 Å². The van der Waals surface area contributed by atoms with Gasteiger partial charge in [-0.15, -0.1) is 0 Å². The van der Waals surface area contributed by atoms with E-state index in [1.807, 2.05) is 25.1 Å². The van der Waals surface area contributed by atoms with Crippen molar-refractivity contribution in [3.63, 3.8) is 0 Å². The minimum Gasteiger partial charge on any atom is -0.478 e. The molecular formula is C25H34N2O3. The number of hydrogen-bond donors (Lipinski definition) is 2. The molecule has 5 nitrogen and oxygen atoms in total. The number of amides is 1. The Labute approximate surface area is 179 Å². The number of carbonyl (C=O) groups is 2. The van der Waals surface area contributed by atoms with E-state index in [2.05, 4.69) is 31.1 Å². The highest BCUT2D eigenvalue weighted by Gasteiger charge is 2.26. The number of para-hydroxylation sites is 1. The highest BCUT2D eigenvalue weighted by Crippen LogP contribution is 2.28. The molecule has 0 fully saturated rings. The molecule has 0 unspecified atom stereocenters. The zero-order valence-electron chi connectivity index (χ0n) is 18.9. The first-order valence-electron chi connectivity index (χ1n) is 11.1. The number of benzene rings is 1. The molecule has 2 aromatic rings. The van der Waals surface area contributed by atoms with Gasteiger partial charge in [-0.1, -0.05) is 58.7 Å². The Morgan fingerprint density at radius 3 is 2.10 bits per heavy atom. The largest absolute Gasteiger partial charge is 0.478 e. The van der Waals surface area contributed by atoms with Gasteiger partial charge in [-0.05, 0) is 55.7 Å². The number of carbonyl (C=O) groups excluding carboxylic acids is 1. The molecule has 162 valence electrons. The van der Waals surface area contributed by atoms with Crippen LogP contribution in [0.1, 0.15) is 95.8 Å². The number of carboxylic acid groups (broad SMARTS) is 1. The summed E-state index contributed by atoms with van der Waals surface area (Å²) in [5, 5.41) is 13.0. The molecule has 1 heterocycles. The normalized spacial score (nSPS) is 10.8. The van der Waals surface area contributed by atoms with Crippen LogP contribution in [0.3, 0.4) is 0 Å². The molecule has 0 aliphatic rings. The predicted octanol–water partition coefficient (Wildman–Crippen LogP) is 5.76. The van der Waals surface area contributed by atoms with Crippen LogP contribution in [0.2, 0.25) is 0 Å². The molecule has 1 aromatic carbocycles. The van der Waals surface area contributed by atoms with Gasteiger partial charge in [0.2, 0.25) is 0 Å². The van der Waals surface area contributed by atoms with Gasteiger partial charge in [-0.25, -0.2) is 4.79 Å². The molecule has 2 N–H and O–H groups in total. The quantitative estimate of drug-likeness (QED) is 0.522. The van der Waals surface area contributed by atoms with Crippen LogP contribution in [0.15, 0.2) is 18.2 Å². The van der Waals surface area contributed by atoms with E-state index >= 15 is 0 Å². The third-order valence-corrected chi connectivity index (χ3v) is 5.50. The van der Waals surface area contributed by atoms with Crippen molar-refractivity contribution in [1.29, 1.82) is 0 Å². The zero-order chi connectivity index (χ0) is 22.3. The number of aromatic nitrogens is 1. The number of rotatable bonds is 10. The number of nitrogens with zero attached hydrogens (tertiary/aromatic N) is 1. The van der Waals surface area contributed by atoms with Gasteiger partial charge in [0.1, 0.15) is 0 Å². The third kappa shape index (κ3) is 5.07. The van der Waals surface area contributed by atoms with Crippen molar-refractivity contribution in [3.8, 4) is 0 Å². The molecule has 0 aliphatic carbocycles. The summed E-state index contributed by atoms with van der Waals surface area (Å²) in [5.41, 5.74) is 5.40. The van der Waals surface area contributed by atoms with Crippen LogP contribution in [0, 0.1) is 6.92 Å². The predicted molar refractivity (Wildman–Crippen MR) is 122 cm³/mol. The summed E-state index contributed by atoms with van der Waals surface area (Å²) in [6.07, 6.45) is 5.37. The summed E-state index contributed by atoms with van der Waals surface area (Å²) in [5.74, 6) is -1.28. The molecule has 0 atom stereocenters. The maximum atomic E-state index is 13.6. The van der Waals surface area contributed by atoms with Crippen molar-refractivity contribution in [2.24, 2.45) is 0 Å². The standard InChI is InChI=1S/C25H34N2O3/c1-6-10-15-19-21(25(29)30)16(5)26-20(12-7-2)22(19)24(28)27-23-17(8-3)13-11-14-18(23)9-4/h11,13-14H,6-10,12,15H2,1-5H3,(H,27,28)(H,29,30). The summed E-state index contributed by atoms with van der Waals surface area (Å²) in [6.45, 7) is 9.95. The van der Waals surface area contributed by atoms with Crippen LogP contribution in [0.5, 0.6) is 0 Å². The molecule has 30 heavy (non-hydrogen) atoms. The van der Waals surface area contributed by atoms with Crippen molar-refractivity contribution in [2.45, 2.75) is 79.6 Å². The number of nitrogens with one attached hydrogen (secondary N) is 1. The summed E-state index contributed by atoms with van der Waals surface area (Å²) >= 11 is 0. The number of pyridine rings is 1. The van der Waals surface area contributed by atoms with E-state index in [9.17, 15) is 14.7 Å². The highest BCUT2D eigenvalue weighted by molar-refractivity contribution is 6.08. The fraction of sp³-hybridized carbons (Fsp3) is 0.480. The monoisotopic (exact) mass is 410 g/mol. The van der Waals surface area contributed by atoms with E-state index in [4.69, 9.17) is 0 Å². The number of unbranched alkanes of at least 4 members (excludes halogenated alkanes) is 1. The second-order valence-electron chi connectivity index (χ2n) is 7.64. The summed E-state index contributed by atoms with van der Waals surface area (Å²) in [6, 6.07) is 6.06. The molecule has 0 saturated carbocycles. The van der Waals surface area contributed by atoms with E-state index in [0.29, 0.717) is 35.4 Å². The Hall–Kier alpha value is -2.69. The van der Waals surface area contributed by atoms with E-state index in [-0.39, 0.29) is 11.5 Å². The molecule has 1 aromatic heterocycles. The molecule has 1 amide bonds. The Bertz CT molecular complexity index is 897. The molecule has 0 aliphatic heterocycles. The topological polar surface area (TPSA) is 79.3 Å². The molecule has 2 rings (SSSR count). The molecular weight excluding hydrogens is 376 g/mol. The Balaban J connectivity index is 2.67. The fourth-order valence-corrected chi connectivity index (χ4v) is 3.98. The van der Waals surface area contributed by atoms with E-state index in [0.717, 1.165) is 48.9 Å². The summed E-state index contributed by atoms with van der Waals surface area (Å²) < 4.78 is 0. The second-order valence-corrected chi connectivity index (χ2v) is 7.64. The average Bonchev–Trinajstić information content (AvgIpc) is 2.71. The van der Waals surface area contributed by atoms with Crippen LogP contribution in [0.25, 0.3) is 0 Å². The lowest BCUT2D eigenvalue weighted by molar-refractivity contribution is 0.0694. The number of aromatic carboxylic acids is 1. The average molecular weight is 411 g/mol. The van der Waals surface area contributed by atoms with Crippen LogP contribution in [0.4, 0.5) is 5.69 Å². The maximum absolute atomic E-state index is 13.6. The summed E-state index contributed by atoms with van der Waals surface area (Å²) in [4.78, 5) is 30.2. The van der Waals surface area contributed by atoms with Gasteiger partial charge in [0.05, 0.1) is 22.5 Å². The van der Waals surface area contributed by atoms with Gasteiger partial charge in [0, 0.05) is 5.69 Å². The van der Waals surface area contributed by atoms with Gasteiger partial charge in [0.15, 0.2) is 0 Å². The molecule has 0 spiro atoms. The number of aryl methyl sites for hydroxylation is 4. The maximum Gasteiger partial charge on any atom is 0.337 e. The van der Waals surface area contributed by atoms with Gasteiger partial charge < -0.3 is 10.4 Å². The first kappa shape index (κ1) is 23.6. The molecule has 0 radical (unpaired) electrons. The Morgan fingerprint density at radius 2 is 1.60 bits per heavy atom. The molecule has 0 bridgehead atoms. The van der Waals surface area contributed by atoms with Crippen molar-refractivity contribution >= 4 is 17.6 Å². The van der Waals surface area contributed by atoms with Crippen LogP contribution in [-0.2, 0) is 25.7 Å². The lowest BCUT2D eigenvalue weighted by Crippen LogP contribution is -2.23. The minimum atomic E-state index is -1.02. The van der Waals surface area contributed by atoms with Crippen LogP contribution >= 0.6 is 0 Å². The Morgan fingerprint density at radius 1 is 0.967 bits per heavy atom. The molecule has 5 heteroatoms. The van der Waals surface area contributed by atoms with Gasteiger partial charge in [-0.2, -0.15) is 0 Å². The van der Waals surface area contributed by atoms with E-state index in [1.165, 1.54) is 0 Å². The van der Waals surface area contributed by atoms with Gasteiger partial charge in [-0.3, -0.25) is 9.78 Å². The lowest BCUT2D eigenvalue weighted by Gasteiger charge is -2.20. The van der Waals surface area contributed by atoms with Crippen LogP contribution < -0.4 is 5.32 Å². The SMILES string of the molecule is CCCCc1c(C(=O)O)c(C)nc(CCC)c1C(=O)Nc1c(CC)cccc1CC. The lowest BCUT2D eigenvalue weighted by atomic mass is 9.92. The zero-order valence-corrected chi connectivity index (χ0v) is 18.9. The molecule has 0 saturated heterocycles. The minimum absolute atomic E-state index is 0.174. The first-order chi connectivity index (χ1) is 14.4. The van der Waals surface area contributed by atoms with Gasteiger partial charge >= 0.3 is 5.97 Å². The number of anilines is 1. The van der Waals surface area contributed by atoms with Crippen molar-refractivity contribution < 1.29 is 14.7 Å².